The largest absolute Gasteiger partial charge is 0.435 e. The number of nitrogens with two attached hydrogens (primary N) is 1. The third kappa shape index (κ3) is 6.36. The maximum atomic E-state index is 14.4. The van der Waals surface area contributed by atoms with Crippen LogP contribution in [0.2, 0.25) is 0 Å². The molecule has 45 heavy (non-hydrogen) atoms. The summed E-state index contributed by atoms with van der Waals surface area (Å²) in [6.07, 6.45) is -7.79. The summed E-state index contributed by atoms with van der Waals surface area (Å²) >= 11 is 0. The molecule has 236 valence electrons. The molecule has 0 aliphatic heterocycles. The van der Waals surface area contributed by atoms with Crippen LogP contribution in [0.1, 0.15) is 57.1 Å². The number of carbonyl (C=O) groups excluding carboxylic acids is 2. The minimum atomic E-state index is -5.33. The van der Waals surface area contributed by atoms with Gasteiger partial charge in [0.1, 0.15) is 30.1 Å². The fraction of sp³-hybridized carbons (Fsp3) is 0.241. The maximum absolute atomic E-state index is 14.4. The molecule has 2 atom stereocenters. The summed E-state index contributed by atoms with van der Waals surface area (Å²) in [6, 6.07) is 7.52. The molecule has 2 aromatic carbocycles. The van der Waals surface area contributed by atoms with Crippen LogP contribution in [0.25, 0.3) is 11.1 Å². The van der Waals surface area contributed by atoms with Gasteiger partial charge in [-0.2, -0.15) is 18.3 Å². The lowest BCUT2D eigenvalue weighted by atomic mass is 9.94. The molecule has 0 radical (unpaired) electrons. The van der Waals surface area contributed by atoms with Crippen molar-refractivity contribution in [1.82, 2.24) is 20.1 Å². The zero-order chi connectivity index (χ0) is 32.8. The lowest BCUT2D eigenvalue weighted by molar-refractivity contribution is -0.146. The first kappa shape index (κ1) is 31.6. The molecule has 0 saturated heterocycles. The van der Waals surface area contributed by atoms with Crippen LogP contribution in [0.5, 0.6) is 0 Å². The summed E-state index contributed by atoms with van der Waals surface area (Å²) in [6.45, 7) is -1.07. The van der Waals surface area contributed by atoms with E-state index in [9.17, 15) is 49.8 Å². The standard InChI is InChI=1S/C29H21F8N5O3/c30-15-6-13(7-16(31)10-15)8-20(24-17(2-1-5-39-24)14-3-4-19(32)18(9-14)27(38)45)40-22(44)12-42-25-21(43)11-28(33,34)23(25)26(41-42)29(35,36)37/h1-7,9-10,20-21,43H,8,11-12H2,(H2,38,45)(H,40,44)/t20-,21?/m0/s1. The number of pyridine rings is 1. The number of aromatic nitrogens is 3. The van der Waals surface area contributed by atoms with Gasteiger partial charge < -0.3 is 16.2 Å². The molecule has 1 aliphatic carbocycles. The topological polar surface area (TPSA) is 123 Å². The average molecular weight is 640 g/mol. The number of nitrogens with zero attached hydrogens (tertiary/aromatic N) is 3. The lowest BCUT2D eigenvalue weighted by Crippen LogP contribution is -2.34. The average Bonchev–Trinajstić information content (AvgIpc) is 3.43. The summed E-state index contributed by atoms with van der Waals surface area (Å²) in [5.74, 6) is -9.08. The van der Waals surface area contributed by atoms with Crippen LogP contribution in [-0.4, -0.2) is 31.7 Å². The molecule has 0 spiro atoms. The second kappa shape index (κ2) is 11.6. The summed E-state index contributed by atoms with van der Waals surface area (Å²) in [5.41, 5.74) is 0.856. The van der Waals surface area contributed by atoms with Gasteiger partial charge in [-0.05, 0) is 47.9 Å². The number of nitrogens with one attached hydrogen (secondary N) is 1. The Balaban J connectivity index is 1.55. The predicted octanol–water partition coefficient (Wildman–Crippen LogP) is 5.11. The lowest BCUT2D eigenvalue weighted by Gasteiger charge is -2.22. The minimum absolute atomic E-state index is 0.0146. The molecule has 4 N–H and O–H groups in total. The number of amides is 2. The molecule has 2 aromatic heterocycles. The smallest absolute Gasteiger partial charge is 0.387 e. The normalized spacial score (nSPS) is 16.3. The molecule has 0 bridgehead atoms. The Morgan fingerprint density at radius 2 is 1.78 bits per heavy atom. The second-order valence-corrected chi connectivity index (χ2v) is 10.3. The fourth-order valence-corrected chi connectivity index (χ4v) is 5.31. The van der Waals surface area contributed by atoms with E-state index in [1.54, 1.807) is 0 Å². The van der Waals surface area contributed by atoms with Crippen molar-refractivity contribution in [3.05, 3.63) is 106 Å². The molecule has 1 unspecified atom stereocenters. The van der Waals surface area contributed by atoms with E-state index < -0.39 is 89.0 Å². The molecule has 4 aromatic rings. The Bertz CT molecular complexity index is 1790. The molecule has 1 aliphatic rings. The molecule has 0 saturated carbocycles. The molecule has 8 nitrogen and oxygen atoms in total. The number of benzene rings is 2. The third-order valence-electron chi connectivity index (χ3n) is 7.09. The Kier molecular flexibility index (Phi) is 8.12. The van der Waals surface area contributed by atoms with Gasteiger partial charge in [0.25, 0.3) is 11.8 Å². The Morgan fingerprint density at radius 3 is 2.42 bits per heavy atom. The summed E-state index contributed by atoms with van der Waals surface area (Å²) in [7, 11) is 0. The summed E-state index contributed by atoms with van der Waals surface area (Å²) < 4.78 is 112. The van der Waals surface area contributed by atoms with Gasteiger partial charge in [0.15, 0.2) is 5.69 Å². The van der Waals surface area contributed by atoms with Crippen LogP contribution in [0.3, 0.4) is 0 Å². The van der Waals surface area contributed by atoms with Crippen LogP contribution in [0.15, 0.2) is 54.7 Å². The van der Waals surface area contributed by atoms with Crippen LogP contribution in [0, 0.1) is 17.5 Å². The van der Waals surface area contributed by atoms with Crippen molar-refractivity contribution in [3.8, 4) is 11.1 Å². The van der Waals surface area contributed by atoms with E-state index in [1.807, 2.05) is 0 Å². The minimum Gasteiger partial charge on any atom is -0.387 e. The van der Waals surface area contributed by atoms with Gasteiger partial charge in [-0.15, -0.1) is 0 Å². The van der Waals surface area contributed by atoms with E-state index in [0.717, 1.165) is 24.3 Å². The predicted molar refractivity (Wildman–Crippen MR) is 140 cm³/mol. The van der Waals surface area contributed by atoms with Crippen molar-refractivity contribution in [2.75, 3.05) is 0 Å². The quantitative estimate of drug-likeness (QED) is 0.232. The highest BCUT2D eigenvalue weighted by Crippen LogP contribution is 2.51. The SMILES string of the molecule is NC(=O)c1cc(-c2cccnc2[C@H](Cc2cc(F)cc(F)c2)NC(=O)Cn2nc(C(F)(F)F)c3c2C(O)CC3(F)F)ccc1F. The Labute approximate surface area is 248 Å². The van der Waals surface area contributed by atoms with E-state index in [-0.39, 0.29) is 28.8 Å². The van der Waals surface area contributed by atoms with Crippen molar-refractivity contribution < 1.29 is 49.8 Å². The number of rotatable bonds is 8. The number of carbonyl (C=O) groups is 2. The first-order valence-electron chi connectivity index (χ1n) is 13.1. The van der Waals surface area contributed by atoms with Crippen molar-refractivity contribution in [1.29, 1.82) is 0 Å². The van der Waals surface area contributed by atoms with E-state index in [2.05, 4.69) is 15.4 Å². The van der Waals surface area contributed by atoms with Crippen LogP contribution >= 0.6 is 0 Å². The molecule has 5 rings (SSSR count). The number of aliphatic hydroxyl groups is 1. The highest BCUT2D eigenvalue weighted by molar-refractivity contribution is 5.94. The highest BCUT2D eigenvalue weighted by Gasteiger charge is 2.55. The molecule has 16 heteroatoms. The first-order chi connectivity index (χ1) is 21.0. The van der Waals surface area contributed by atoms with Gasteiger partial charge in [0.05, 0.1) is 28.6 Å². The second-order valence-electron chi connectivity index (χ2n) is 10.3. The number of primary amides is 1. The van der Waals surface area contributed by atoms with Gasteiger partial charge in [0, 0.05) is 24.2 Å². The Morgan fingerprint density at radius 1 is 1.09 bits per heavy atom. The molecule has 0 fully saturated rings. The maximum Gasteiger partial charge on any atom is 0.435 e. The summed E-state index contributed by atoms with van der Waals surface area (Å²) in [4.78, 5) is 29.3. The van der Waals surface area contributed by atoms with Gasteiger partial charge >= 0.3 is 6.18 Å². The van der Waals surface area contributed by atoms with E-state index in [1.165, 1.54) is 24.4 Å². The number of aliphatic hydroxyl groups excluding tert-OH is 1. The Hall–Kier alpha value is -4.86. The van der Waals surface area contributed by atoms with Gasteiger partial charge in [-0.1, -0.05) is 12.1 Å². The van der Waals surface area contributed by atoms with E-state index >= 15 is 0 Å². The van der Waals surface area contributed by atoms with Gasteiger partial charge in [0.2, 0.25) is 5.91 Å². The number of halogens is 8. The number of hydrogen-bond acceptors (Lipinski definition) is 5. The van der Waals surface area contributed by atoms with E-state index in [0.29, 0.717) is 10.7 Å². The van der Waals surface area contributed by atoms with Crippen molar-refractivity contribution in [3.63, 3.8) is 0 Å². The number of alkyl halides is 5. The summed E-state index contributed by atoms with van der Waals surface area (Å²) in [5, 5.41) is 15.8. The fourth-order valence-electron chi connectivity index (χ4n) is 5.31. The zero-order valence-electron chi connectivity index (χ0n) is 22.7. The van der Waals surface area contributed by atoms with Crippen molar-refractivity contribution in [2.45, 2.75) is 43.6 Å². The molecule has 2 heterocycles. The van der Waals surface area contributed by atoms with Crippen LogP contribution in [-0.2, 0) is 29.9 Å². The van der Waals surface area contributed by atoms with Crippen molar-refractivity contribution in [2.24, 2.45) is 5.73 Å². The first-order valence-corrected chi connectivity index (χ1v) is 13.1. The molecular weight excluding hydrogens is 618 g/mol. The molecular formula is C29H21F8N5O3. The monoisotopic (exact) mass is 639 g/mol. The number of fused-ring (bicyclic) bond motifs is 1. The van der Waals surface area contributed by atoms with Gasteiger partial charge in [-0.3, -0.25) is 19.3 Å². The third-order valence-corrected chi connectivity index (χ3v) is 7.09. The van der Waals surface area contributed by atoms with Crippen molar-refractivity contribution >= 4 is 11.8 Å². The van der Waals surface area contributed by atoms with Crippen LogP contribution in [0.4, 0.5) is 35.1 Å². The van der Waals surface area contributed by atoms with E-state index in [4.69, 9.17) is 5.73 Å². The van der Waals surface area contributed by atoms with Crippen LogP contribution < -0.4 is 11.1 Å². The molecule has 2 amide bonds. The van der Waals surface area contributed by atoms with Gasteiger partial charge in [-0.25, -0.2) is 22.0 Å². The number of hydrogen-bond donors (Lipinski definition) is 3. The zero-order valence-corrected chi connectivity index (χ0v) is 22.7. The highest BCUT2D eigenvalue weighted by atomic mass is 19.4.